The summed E-state index contributed by atoms with van der Waals surface area (Å²) in [5.74, 6) is -0.345. The summed E-state index contributed by atoms with van der Waals surface area (Å²) in [6.45, 7) is 5.48. The number of carbonyl (C=O) groups excluding carboxylic acids is 1. The summed E-state index contributed by atoms with van der Waals surface area (Å²) < 4.78 is 85.3. The van der Waals surface area contributed by atoms with Gasteiger partial charge in [0.25, 0.3) is 0 Å². The average molecular weight is 473 g/mol. The Morgan fingerprint density at radius 2 is 1.48 bits per heavy atom. The van der Waals surface area contributed by atoms with Crippen molar-refractivity contribution in [1.82, 2.24) is 4.90 Å². The van der Waals surface area contributed by atoms with Crippen LogP contribution in [0.25, 0.3) is 0 Å². The van der Waals surface area contributed by atoms with Crippen molar-refractivity contribution in [3.8, 4) is 0 Å². The number of halogens is 6. The number of carbonyl (C=O) groups is 1. The molecule has 2 unspecified atom stereocenters. The Balaban J connectivity index is 1.87. The van der Waals surface area contributed by atoms with E-state index in [-0.39, 0.29) is 29.4 Å². The molecular formula is C24H25F6NO2. The highest BCUT2D eigenvalue weighted by Gasteiger charge is 2.40. The number of benzene rings is 2. The van der Waals surface area contributed by atoms with Crippen molar-refractivity contribution in [3.63, 3.8) is 0 Å². The number of amides is 1. The zero-order chi connectivity index (χ0) is 24.6. The molecule has 0 bridgehead atoms. The molecule has 0 N–H and O–H groups in total. The summed E-state index contributed by atoms with van der Waals surface area (Å²) in [7, 11) is 0. The Morgan fingerprint density at radius 3 is 1.97 bits per heavy atom. The van der Waals surface area contributed by atoms with E-state index in [2.05, 4.69) is 0 Å². The minimum absolute atomic E-state index is 0.0652. The third-order valence-electron chi connectivity index (χ3n) is 6.14. The zero-order valence-electron chi connectivity index (χ0n) is 18.4. The third kappa shape index (κ3) is 5.88. The molecule has 3 nitrogen and oxygen atoms in total. The maximum atomic E-state index is 13.2. The van der Waals surface area contributed by atoms with Crippen LogP contribution in [0.15, 0.2) is 48.5 Å². The van der Waals surface area contributed by atoms with Gasteiger partial charge in [-0.25, -0.2) is 0 Å². The van der Waals surface area contributed by atoms with Gasteiger partial charge >= 0.3 is 12.4 Å². The average Bonchev–Trinajstić information content (AvgIpc) is 3.19. The first-order valence-corrected chi connectivity index (χ1v) is 10.5. The molecule has 0 spiro atoms. The van der Waals surface area contributed by atoms with Gasteiger partial charge in [-0.15, -0.1) is 0 Å². The van der Waals surface area contributed by atoms with Gasteiger partial charge in [-0.2, -0.15) is 26.3 Å². The standard InChI is InChI=1S/C24H25F6NO2/c1-14(18-9-19(23(25,26)27)11-20(10-18)24(28,29)30)33-15(2)21-12-31(16(3)32)13-22(21)17-7-5-4-6-8-17/h4-11,14-15,21-22H,12-13H2,1-3H3/t14?,15?,21-,22-/m0/s1. The Hall–Kier alpha value is -2.55. The predicted molar refractivity (Wildman–Crippen MR) is 110 cm³/mol. The van der Waals surface area contributed by atoms with Crippen LogP contribution in [0, 0.1) is 5.92 Å². The lowest BCUT2D eigenvalue weighted by Gasteiger charge is -2.28. The van der Waals surface area contributed by atoms with Crippen LogP contribution in [0.2, 0.25) is 0 Å². The summed E-state index contributed by atoms with van der Waals surface area (Å²) in [4.78, 5) is 13.6. The minimum atomic E-state index is -4.92. The molecular weight excluding hydrogens is 448 g/mol. The minimum Gasteiger partial charge on any atom is -0.370 e. The van der Waals surface area contributed by atoms with Crippen LogP contribution in [0.1, 0.15) is 55.0 Å². The summed E-state index contributed by atoms with van der Waals surface area (Å²) in [5.41, 5.74) is -1.96. The molecule has 9 heteroatoms. The van der Waals surface area contributed by atoms with E-state index >= 15 is 0 Å². The van der Waals surface area contributed by atoms with Crippen molar-refractivity contribution in [1.29, 1.82) is 0 Å². The fraction of sp³-hybridized carbons (Fsp3) is 0.458. The SMILES string of the molecule is CC(=O)N1C[C@@H](c2ccccc2)[C@H](C(C)OC(C)c2cc(C(F)(F)F)cc(C(F)(F)F)c2)C1. The molecule has 0 saturated carbocycles. The van der Waals surface area contributed by atoms with E-state index < -0.39 is 35.7 Å². The van der Waals surface area contributed by atoms with Crippen molar-refractivity contribution < 1.29 is 35.9 Å². The van der Waals surface area contributed by atoms with Gasteiger partial charge < -0.3 is 9.64 Å². The van der Waals surface area contributed by atoms with Gasteiger partial charge in [0.15, 0.2) is 0 Å². The molecule has 3 rings (SSSR count). The quantitative estimate of drug-likeness (QED) is 0.467. The molecule has 1 aliphatic heterocycles. The topological polar surface area (TPSA) is 29.5 Å². The largest absolute Gasteiger partial charge is 0.416 e. The summed E-state index contributed by atoms with van der Waals surface area (Å²) >= 11 is 0. The van der Waals surface area contributed by atoms with Crippen LogP contribution in [0.5, 0.6) is 0 Å². The van der Waals surface area contributed by atoms with Gasteiger partial charge in [0.1, 0.15) is 0 Å². The van der Waals surface area contributed by atoms with Gasteiger partial charge in [0.05, 0.1) is 23.3 Å². The number of nitrogens with zero attached hydrogens (tertiary/aromatic N) is 1. The van der Waals surface area contributed by atoms with Crippen molar-refractivity contribution in [2.75, 3.05) is 13.1 Å². The molecule has 0 aromatic heterocycles. The van der Waals surface area contributed by atoms with E-state index in [1.54, 1.807) is 11.8 Å². The second kappa shape index (κ2) is 9.37. The molecule has 1 saturated heterocycles. The molecule has 0 radical (unpaired) electrons. The first-order chi connectivity index (χ1) is 15.3. The fourth-order valence-corrected chi connectivity index (χ4v) is 4.33. The van der Waals surface area contributed by atoms with Gasteiger partial charge in [-0.05, 0) is 43.2 Å². The van der Waals surface area contributed by atoms with Crippen LogP contribution < -0.4 is 0 Å². The lowest BCUT2D eigenvalue weighted by Crippen LogP contribution is -2.30. The Morgan fingerprint density at radius 1 is 0.939 bits per heavy atom. The van der Waals surface area contributed by atoms with Crippen molar-refractivity contribution in [3.05, 3.63) is 70.8 Å². The fourth-order valence-electron chi connectivity index (χ4n) is 4.33. The lowest BCUT2D eigenvalue weighted by molar-refractivity contribution is -0.143. The summed E-state index contributed by atoms with van der Waals surface area (Å²) in [6, 6.07) is 11.0. The van der Waals surface area contributed by atoms with Crippen molar-refractivity contribution in [2.24, 2.45) is 5.92 Å². The smallest absolute Gasteiger partial charge is 0.370 e. The Bertz CT molecular complexity index is 941. The van der Waals surface area contributed by atoms with E-state index in [0.29, 0.717) is 25.2 Å². The molecule has 2 aromatic carbocycles. The Kier molecular flexibility index (Phi) is 7.12. The second-order valence-corrected chi connectivity index (χ2v) is 8.43. The van der Waals surface area contributed by atoms with Crippen LogP contribution in [0.3, 0.4) is 0 Å². The van der Waals surface area contributed by atoms with Gasteiger partial charge in [0.2, 0.25) is 5.91 Å². The number of alkyl halides is 6. The maximum absolute atomic E-state index is 13.2. The first-order valence-electron chi connectivity index (χ1n) is 10.5. The van der Waals surface area contributed by atoms with E-state index in [1.165, 1.54) is 13.8 Å². The Labute approximate surface area is 188 Å². The van der Waals surface area contributed by atoms with Gasteiger partial charge in [0, 0.05) is 31.8 Å². The van der Waals surface area contributed by atoms with Crippen molar-refractivity contribution in [2.45, 2.75) is 51.2 Å². The first kappa shape index (κ1) is 25.1. The van der Waals surface area contributed by atoms with E-state index in [0.717, 1.165) is 5.56 Å². The highest BCUT2D eigenvalue weighted by molar-refractivity contribution is 5.73. The maximum Gasteiger partial charge on any atom is 0.416 e. The van der Waals surface area contributed by atoms with E-state index in [4.69, 9.17) is 4.74 Å². The number of rotatable bonds is 5. The van der Waals surface area contributed by atoms with Crippen molar-refractivity contribution >= 4 is 5.91 Å². The number of hydrogen-bond donors (Lipinski definition) is 0. The van der Waals surface area contributed by atoms with Crippen LogP contribution >= 0.6 is 0 Å². The summed E-state index contributed by atoms with van der Waals surface area (Å²) in [5, 5.41) is 0. The number of hydrogen-bond acceptors (Lipinski definition) is 2. The molecule has 1 amide bonds. The van der Waals surface area contributed by atoms with Gasteiger partial charge in [-0.3, -0.25) is 4.79 Å². The molecule has 180 valence electrons. The van der Waals surface area contributed by atoms with Crippen LogP contribution in [-0.4, -0.2) is 30.0 Å². The zero-order valence-corrected chi connectivity index (χ0v) is 18.4. The third-order valence-corrected chi connectivity index (χ3v) is 6.14. The lowest BCUT2D eigenvalue weighted by atomic mass is 9.85. The molecule has 2 aromatic rings. The molecule has 1 heterocycles. The molecule has 0 aliphatic carbocycles. The normalized spacial score (nSPS) is 21.2. The number of likely N-dealkylation sites (tertiary alicyclic amines) is 1. The monoisotopic (exact) mass is 473 g/mol. The molecule has 1 aliphatic rings. The van der Waals surface area contributed by atoms with Crippen LogP contribution in [0.4, 0.5) is 26.3 Å². The highest BCUT2D eigenvalue weighted by atomic mass is 19.4. The molecule has 33 heavy (non-hydrogen) atoms. The summed E-state index contributed by atoms with van der Waals surface area (Å²) in [6.07, 6.45) is -11.4. The number of ether oxygens (including phenoxy) is 1. The van der Waals surface area contributed by atoms with Crippen LogP contribution in [-0.2, 0) is 21.9 Å². The second-order valence-electron chi connectivity index (χ2n) is 8.43. The van der Waals surface area contributed by atoms with Gasteiger partial charge in [-0.1, -0.05) is 30.3 Å². The molecule has 4 atom stereocenters. The van der Waals surface area contributed by atoms with E-state index in [1.807, 2.05) is 30.3 Å². The van der Waals surface area contributed by atoms with E-state index in [9.17, 15) is 31.1 Å². The predicted octanol–water partition coefficient (Wildman–Crippen LogP) is 6.45. The highest BCUT2D eigenvalue weighted by Crippen LogP contribution is 2.40. The molecule has 1 fully saturated rings.